The van der Waals surface area contributed by atoms with Crippen molar-refractivity contribution in [1.82, 2.24) is 10.6 Å². The smallest absolute Gasteiger partial charge is 0.221 e. The van der Waals surface area contributed by atoms with E-state index in [1.807, 2.05) is 30.3 Å². The zero-order chi connectivity index (χ0) is 13.7. The van der Waals surface area contributed by atoms with Gasteiger partial charge in [-0.15, -0.1) is 0 Å². The second kappa shape index (κ2) is 6.19. The highest BCUT2D eigenvalue weighted by atomic mass is 16.4. The van der Waals surface area contributed by atoms with E-state index in [4.69, 9.17) is 10.9 Å². The Morgan fingerprint density at radius 3 is 2.84 bits per heavy atom. The van der Waals surface area contributed by atoms with Gasteiger partial charge in [-0.25, -0.2) is 0 Å². The minimum Gasteiger partial charge on any atom is -0.409 e. The van der Waals surface area contributed by atoms with Crippen molar-refractivity contribution in [1.29, 1.82) is 0 Å². The van der Waals surface area contributed by atoms with Crippen molar-refractivity contribution in [2.24, 2.45) is 10.9 Å². The molecule has 2 rings (SSSR count). The number of amidine groups is 1. The first kappa shape index (κ1) is 13.4. The molecule has 0 spiro atoms. The van der Waals surface area contributed by atoms with Crippen LogP contribution in [-0.2, 0) is 4.79 Å². The minimum absolute atomic E-state index is 0.0492. The second-order valence-corrected chi connectivity index (χ2v) is 4.63. The van der Waals surface area contributed by atoms with Crippen LogP contribution in [0.25, 0.3) is 0 Å². The van der Waals surface area contributed by atoms with Gasteiger partial charge in [0.2, 0.25) is 5.91 Å². The van der Waals surface area contributed by atoms with Crippen LogP contribution in [0.2, 0.25) is 0 Å². The van der Waals surface area contributed by atoms with Crippen molar-refractivity contribution >= 4 is 11.7 Å². The van der Waals surface area contributed by atoms with Gasteiger partial charge in [0.05, 0.1) is 0 Å². The Kier molecular flexibility index (Phi) is 4.35. The number of nitrogens with two attached hydrogens (primary N) is 1. The first-order valence-electron chi connectivity index (χ1n) is 6.23. The summed E-state index contributed by atoms with van der Waals surface area (Å²) in [5, 5.41) is 17.9. The molecule has 6 heteroatoms. The fourth-order valence-corrected chi connectivity index (χ4v) is 2.22. The molecule has 1 heterocycles. The van der Waals surface area contributed by atoms with E-state index in [1.165, 1.54) is 0 Å². The van der Waals surface area contributed by atoms with E-state index in [0.29, 0.717) is 19.4 Å². The van der Waals surface area contributed by atoms with E-state index in [-0.39, 0.29) is 23.8 Å². The Hall–Kier alpha value is -2.08. The van der Waals surface area contributed by atoms with E-state index < -0.39 is 0 Å². The third-order valence-electron chi connectivity index (χ3n) is 3.16. The van der Waals surface area contributed by atoms with Crippen molar-refractivity contribution in [3.8, 4) is 0 Å². The maximum Gasteiger partial charge on any atom is 0.221 e. The lowest BCUT2D eigenvalue weighted by Crippen LogP contribution is -2.36. The summed E-state index contributed by atoms with van der Waals surface area (Å²) in [7, 11) is 0. The molecule has 19 heavy (non-hydrogen) atoms. The van der Waals surface area contributed by atoms with Crippen molar-refractivity contribution < 1.29 is 10.0 Å². The van der Waals surface area contributed by atoms with Crippen LogP contribution in [0.4, 0.5) is 0 Å². The molecule has 0 saturated carbocycles. The molecule has 0 aromatic heterocycles. The number of amides is 1. The SMILES string of the molecule is N/C(CC(NC1CNC(=O)C1)c1ccccc1)=N/O. The van der Waals surface area contributed by atoms with Crippen LogP contribution in [0.15, 0.2) is 35.5 Å². The van der Waals surface area contributed by atoms with Crippen LogP contribution in [0.3, 0.4) is 0 Å². The van der Waals surface area contributed by atoms with Crippen LogP contribution in [-0.4, -0.2) is 29.5 Å². The third kappa shape index (κ3) is 3.69. The number of carbonyl (C=O) groups excluding carboxylic acids is 1. The molecule has 1 aromatic carbocycles. The predicted molar refractivity (Wildman–Crippen MR) is 71.8 cm³/mol. The van der Waals surface area contributed by atoms with Gasteiger partial charge in [0.1, 0.15) is 5.84 Å². The van der Waals surface area contributed by atoms with Crippen molar-refractivity contribution in [3.63, 3.8) is 0 Å². The number of nitrogens with zero attached hydrogens (tertiary/aromatic N) is 1. The number of hydrogen-bond acceptors (Lipinski definition) is 4. The van der Waals surface area contributed by atoms with Crippen molar-refractivity contribution in [2.75, 3.05) is 6.54 Å². The van der Waals surface area contributed by atoms with E-state index >= 15 is 0 Å². The summed E-state index contributed by atoms with van der Waals surface area (Å²) >= 11 is 0. The Balaban J connectivity index is 2.08. The average Bonchev–Trinajstić information content (AvgIpc) is 2.84. The summed E-state index contributed by atoms with van der Waals surface area (Å²) in [5.74, 6) is 0.215. The summed E-state index contributed by atoms with van der Waals surface area (Å²) in [4.78, 5) is 11.2. The quantitative estimate of drug-likeness (QED) is 0.266. The normalized spacial score (nSPS) is 21.2. The first-order chi connectivity index (χ1) is 9.19. The molecule has 1 fully saturated rings. The van der Waals surface area contributed by atoms with E-state index in [0.717, 1.165) is 5.56 Å². The summed E-state index contributed by atoms with van der Waals surface area (Å²) in [6, 6.07) is 9.77. The lowest BCUT2D eigenvalue weighted by atomic mass is 10.0. The van der Waals surface area contributed by atoms with Crippen LogP contribution in [0.5, 0.6) is 0 Å². The van der Waals surface area contributed by atoms with Crippen LogP contribution < -0.4 is 16.4 Å². The van der Waals surface area contributed by atoms with Crippen LogP contribution in [0, 0.1) is 0 Å². The topological polar surface area (TPSA) is 99.7 Å². The molecule has 1 saturated heterocycles. The van der Waals surface area contributed by atoms with Gasteiger partial charge in [-0.2, -0.15) is 0 Å². The zero-order valence-corrected chi connectivity index (χ0v) is 10.5. The van der Waals surface area contributed by atoms with E-state index in [9.17, 15) is 4.79 Å². The molecule has 1 aliphatic heterocycles. The summed E-state index contributed by atoms with van der Waals surface area (Å²) < 4.78 is 0. The lowest BCUT2D eigenvalue weighted by molar-refractivity contribution is -0.119. The Labute approximate surface area is 111 Å². The predicted octanol–water partition coefficient (Wildman–Crippen LogP) is 0.342. The van der Waals surface area contributed by atoms with Crippen LogP contribution >= 0.6 is 0 Å². The number of hydrogen-bond donors (Lipinski definition) is 4. The van der Waals surface area contributed by atoms with Gasteiger partial charge in [-0.05, 0) is 5.56 Å². The minimum atomic E-state index is -0.0743. The Morgan fingerprint density at radius 2 is 2.26 bits per heavy atom. The van der Waals surface area contributed by atoms with Gasteiger partial charge < -0.3 is 21.6 Å². The van der Waals surface area contributed by atoms with Gasteiger partial charge in [-0.1, -0.05) is 35.5 Å². The van der Waals surface area contributed by atoms with Gasteiger partial charge >= 0.3 is 0 Å². The molecule has 0 aliphatic carbocycles. The Morgan fingerprint density at radius 1 is 1.53 bits per heavy atom. The molecule has 6 nitrogen and oxygen atoms in total. The number of rotatable bonds is 5. The van der Waals surface area contributed by atoms with E-state index in [1.54, 1.807) is 0 Å². The van der Waals surface area contributed by atoms with Crippen molar-refractivity contribution in [3.05, 3.63) is 35.9 Å². The standard InChI is InChI=1S/C13H18N4O2/c14-12(17-19)7-11(9-4-2-1-3-5-9)16-10-6-13(18)15-8-10/h1-5,10-11,16,19H,6-8H2,(H2,14,17)(H,15,18). The first-order valence-corrected chi connectivity index (χ1v) is 6.23. The van der Waals surface area contributed by atoms with E-state index in [2.05, 4.69) is 15.8 Å². The maximum absolute atomic E-state index is 11.2. The molecule has 1 aromatic rings. The second-order valence-electron chi connectivity index (χ2n) is 4.63. The monoisotopic (exact) mass is 262 g/mol. The summed E-state index contributed by atoms with van der Waals surface area (Å²) in [6.07, 6.45) is 0.852. The number of nitrogens with one attached hydrogen (secondary N) is 2. The fourth-order valence-electron chi connectivity index (χ4n) is 2.22. The largest absolute Gasteiger partial charge is 0.409 e. The summed E-state index contributed by atoms with van der Waals surface area (Å²) in [5.41, 5.74) is 6.64. The van der Waals surface area contributed by atoms with Gasteiger partial charge in [0.25, 0.3) is 0 Å². The molecule has 102 valence electrons. The molecule has 2 unspecified atom stereocenters. The van der Waals surface area contributed by atoms with Gasteiger partial charge in [0.15, 0.2) is 0 Å². The van der Waals surface area contributed by atoms with Crippen LogP contribution in [0.1, 0.15) is 24.4 Å². The number of carbonyl (C=O) groups is 1. The van der Waals surface area contributed by atoms with Gasteiger partial charge in [0, 0.05) is 31.5 Å². The molecule has 5 N–H and O–H groups in total. The molecular formula is C13H18N4O2. The fraction of sp³-hybridized carbons (Fsp3) is 0.385. The maximum atomic E-state index is 11.2. The highest BCUT2D eigenvalue weighted by molar-refractivity contribution is 5.80. The molecule has 1 amide bonds. The molecule has 0 bridgehead atoms. The Bertz CT molecular complexity index is 461. The summed E-state index contributed by atoms with van der Waals surface area (Å²) in [6.45, 7) is 0.609. The molecule has 1 aliphatic rings. The van der Waals surface area contributed by atoms with Gasteiger partial charge in [-0.3, -0.25) is 4.79 Å². The highest BCUT2D eigenvalue weighted by Crippen LogP contribution is 2.18. The molecule has 2 atom stereocenters. The number of benzene rings is 1. The zero-order valence-electron chi connectivity index (χ0n) is 10.5. The number of oxime groups is 1. The molecule has 0 radical (unpaired) electrons. The lowest BCUT2D eigenvalue weighted by Gasteiger charge is -2.22. The third-order valence-corrected chi connectivity index (χ3v) is 3.16. The average molecular weight is 262 g/mol. The van der Waals surface area contributed by atoms with Crippen molar-refractivity contribution in [2.45, 2.75) is 24.9 Å². The molecular weight excluding hydrogens is 244 g/mol. The highest BCUT2D eigenvalue weighted by Gasteiger charge is 2.25.